The van der Waals surface area contributed by atoms with Crippen LogP contribution in [0.15, 0.2) is 60.7 Å². The lowest BCUT2D eigenvalue weighted by Crippen LogP contribution is -2.19. The Labute approximate surface area is 116 Å². The molecule has 0 aliphatic carbocycles. The van der Waals surface area contributed by atoms with E-state index < -0.39 is 21.5 Å². The van der Waals surface area contributed by atoms with E-state index in [1.54, 1.807) is 36.4 Å². The summed E-state index contributed by atoms with van der Waals surface area (Å²) >= 11 is 0. The highest BCUT2D eigenvalue weighted by Crippen LogP contribution is 2.24. The predicted octanol–water partition coefficient (Wildman–Crippen LogP) is 2.43. The van der Waals surface area contributed by atoms with E-state index in [2.05, 4.69) is 0 Å². The zero-order chi connectivity index (χ0) is 14.6. The van der Waals surface area contributed by atoms with Crippen LogP contribution in [0.2, 0.25) is 0 Å². The van der Waals surface area contributed by atoms with Gasteiger partial charge >= 0.3 is 16.1 Å². The quantitative estimate of drug-likeness (QED) is 0.691. The van der Waals surface area contributed by atoms with Gasteiger partial charge in [-0.3, -0.25) is 4.55 Å². The molecule has 1 atom stereocenters. The third kappa shape index (κ3) is 3.43. The van der Waals surface area contributed by atoms with Crippen molar-refractivity contribution < 1.29 is 22.5 Å². The molecule has 0 aliphatic heterocycles. The Kier molecular flexibility index (Phi) is 4.16. The van der Waals surface area contributed by atoms with E-state index in [-0.39, 0.29) is 11.1 Å². The zero-order valence-corrected chi connectivity index (χ0v) is 11.2. The molecule has 0 aliphatic rings. The molecular formula is C14H12O5S. The first-order valence-electron chi connectivity index (χ1n) is 5.76. The minimum absolute atomic E-state index is 0.180. The molecule has 0 saturated heterocycles. The molecular weight excluding hydrogens is 280 g/mol. The Balaban J connectivity index is 2.29. The number of hydrogen-bond acceptors (Lipinski definition) is 4. The Hall–Kier alpha value is -2.18. The van der Waals surface area contributed by atoms with Crippen molar-refractivity contribution in [3.8, 4) is 0 Å². The minimum Gasteiger partial charge on any atom is -0.435 e. The van der Waals surface area contributed by atoms with Gasteiger partial charge in [0.15, 0.2) is 0 Å². The van der Waals surface area contributed by atoms with E-state index in [0.717, 1.165) is 0 Å². The fourth-order valence-electron chi connectivity index (χ4n) is 1.65. The van der Waals surface area contributed by atoms with Crippen molar-refractivity contribution in [3.05, 3.63) is 71.8 Å². The second-order valence-corrected chi connectivity index (χ2v) is 5.49. The Bertz CT molecular complexity index is 680. The topological polar surface area (TPSA) is 80.7 Å². The summed E-state index contributed by atoms with van der Waals surface area (Å²) in [5.74, 6) is -0.822. The molecule has 0 saturated carbocycles. The van der Waals surface area contributed by atoms with E-state index in [0.29, 0.717) is 0 Å². The predicted molar refractivity (Wildman–Crippen MR) is 72.6 cm³/mol. The normalized spacial score (nSPS) is 12.7. The number of benzene rings is 2. The molecule has 0 fully saturated rings. The van der Waals surface area contributed by atoms with Gasteiger partial charge in [-0.2, -0.15) is 8.42 Å². The van der Waals surface area contributed by atoms with E-state index >= 15 is 0 Å². The molecule has 20 heavy (non-hydrogen) atoms. The van der Waals surface area contributed by atoms with Crippen LogP contribution in [-0.2, 0) is 14.9 Å². The summed E-state index contributed by atoms with van der Waals surface area (Å²) < 4.78 is 36.9. The summed E-state index contributed by atoms with van der Waals surface area (Å²) in [5.41, 5.74) is -1.35. The second kappa shape index (κ2) is 5.85. The van der Waals surface area contributed by atoms with Gasteiger partial charge in [0, 0.05) is 5.56 Å². The summed E-state index contributed by atoms with van der Waals surface area (Å²) in [6.45, 7) is 0. The highest BCUT2D eigenvalue weighted by atomic mass is 32.2. The van der Waals surface area contributed by atoms with Crippen molar-refractivity contribution in [1.82, 2.24) is 0 Å². The third-order valence-corrected chi connectivity index (χ3v) is 3.48. The largest absolute Gasteiger partial charge is 0.435 e. The molecule has 0 bridgehead atoms. The number of esters is 1. The number of carbonyl (C=O) groups excluding carboxylic acids is 1. The molecule has 104 valence electrons. The summed E-state index contributed by atoms with van der Waals surface area (Å²) in [6, 6.07) is 15.7. The summed E-state index contributed by atoms with van der Waals surface area (Å²) in [6.07, 6.45) is 0. The van der Waals surface area contributed by atoms with E-state index in [1.165, 1.54) is 24.3 Å². The van der Waals surface area contributed by atoms with Gasteiger partial charge in [0.05, 0.1) is 5.56 Å². The van der Waals surface area contributed by atoms with Gasteiger partial charge in [-0.15, -0.1) is 0 Å². The van der Waals surface area contributed by atoms with Crippen LogP contribution in [0.25, 0.3) is 0 Å². The van der Waals surface area contributed by atoms with E-state index in [9.17, 15) is 17.8 Å². The molecule has 6 heteroatoms. The standard InChI is InChI=1S/C14H12O5S/c15-13(11-7-3-1-4-8-11)19-14(20(16,17)18)12-9-5-2-6-10-12/h1-10,14H,(H,16,17,18). The van der Waals surface area contributed by atoms with E-state index in [1.807, 2.05) is 0 Å². The molecule has 0 aromatic heterocycles. The van der Waals surface area contributed by atoms with Gasteiger partial charge in [0.2, 0.25) is 0 Å². The first-order chi connectivity index (χ1) is 9.48. The molecule has 0 radical (unpaired) electrons. The molecule has 2 rings (SSSR count). The lowest BCUT2D eigenvalue weighted by Gasteiger charge is -2.15. The number of ether oxygens (including phenoxy) is 1. The van der Waals surface area contributed by atoms with Gasteiger partial charge in [-0.05, 0) is 12.1 Å². The van der Waals surface area contributed by atoms with Crippen molar-refractivity contribution in [2.45, 2.75) is 5.44 Å². The van der Waals surface area contributed by atoms with Gasteiger partial charge in [-0.25, -0.2) is 4.79 Å². The molecule has 2 aromatic carbocycles. The van der Waals surface area contributed by atoms with Crippen molar-refractivity contribution >= 4 is 16.1 Å². The molecule has 0 amide bonds. The fourth-order valence-corrected chi connectivity index (χ4v) is 2.36. The highest BCUT2D eigenvalue weighted by molar-refractivity contribution is 7.85. The Morgan fingerprint density at radius 2 is 1.45 bits per heavy atom. The van der Waals surface area contributed by atoms with Crippen molar-refractivity contribution in [2.75, 3.05) is 0 Å². The van der Waals surface area contributed by atoms with Crippen LogP contribution in [0.1, 0.15) is 21.4 Å². The van der Waals surface area contributed by atoms with Crippen molar-refractivity contribution in [2.24, 2.45) is 0 Å². The van der Waals surface area contributed by atoms with Gasteiger partial charge < -0.3 is 4.74 Å². The van der Waals surface area contributed by atoms with Crippen molar-refractivity contribution in [3.63, 3.8) is 0 Å². The Morgan fingerprint density at radius 1 is 0.950 bits per heavy atom. The van der Waals surface area contributed by atoms with Crippen LogP contribution in [0, 0.1) is 0 Å². The molecule has 2 aromatic rings. The monoisotopic (exact) mass is 292 g/mol. The maximum Gasteiger partial charge on any atom is 0.339 e. The molecule has 0 heterocycles. The van der Waals surface area contributed by atoms with Crippen LogP contribution in [0.4, 0.5) is 0 Å². The van der Waals surface area contributed by atoms with Crippen LogP contribution < -0.4 is 0 Å². The SMILES string of the molecule is O=C(OC(c1ccccc1)S(=O)(=O)O)c1ccccc1. The van der Waals surface area contributed by atoms with Crippen LogP contribution in [0.5, 0.6) is 0 Å². The maximum absolute atomic E-state index is 11.9. The average Bonchev–Trinajstić information content (AvgIpc) is 2.45. The first-order valence-corrected chi connectivity index (χ1v) is 7.26. The lowest BCUT2D eigenvalue weighted by atomic mass is 10.2. The van der Waals surface area contributed by atoms with Gasteiger partial charge in [0.25, 0.3) is 5.44 Å². The van der Waals surface area contributed by atoms with E-state index in [4.69, 9.17) is 4.74 Å². The molecule has 5 nitrogen and oxygen atoms in total. The van der Waals surface area contributed by atoms with Gasteiger partial charge in [-0.1, -0.05) is 48.5 Å². The minimum atomic E-state index is -4.56. The maximum atomic E-state index is 11.9. The second-order valence-electron chi connectivity index (χ2n) is 4.03. The van der Waals surface area contributed by atoms with Crippen LogP contribution >= 0.6 is 0 Å². The molecule has 0 spiro atoms. The third-order valence-electron chi connectivity index (χ3n) is 2.57. The van der Waals surface area contributed by atoms with Crippen molar-refractivity contribution in [1.29, 1.82) is 0 Å². The smallest absolute Gasteiger partial charge is 0.339 e. The fraction of sp³-hybridized carbons (Fsp3) is 0.0714. The molecule has 1 unspecified atom stereocenters. The first kappa shape index (κ1) is 14.2. The number of rotatable bonds is 4. The highest BCUT2D eigenvalue weighted by Gasteiger charge is 2.29. The van der Waals surface area contributed by atoms with Crippen LogP contribution in [-0.4, -0.2) is 18.9 Å². The van der Waals surface area contributed by atoms with Gasteiger partial charge in [0.1, 0.15) is 0 Å². The summed E-state index contributed by atoms with van der Waals surface area (Å²) in [4.78, 5) is 11.9. The number of hydrogen-bond donors (Lipinski definition) is 1. The zero-order valence-electron chi connectivity index (χ0n) is 10.3. The lowest BCUT2D eigenvalue weighted by molar-refractivity contribution is 0.0427. The Morgan fingerprint density at radius 3 is 1.95 bits per heavy atom. The average molecular weight is 292 g/mol. The summed E-state index contributed by atoms with van der Waals surface area (Å²) in [7, 11) is -4.56. The summed E-state index contributed by atoms with van der Waals surface area (Å²) in [5, 5.41) is 0. The van der Waals surface area contributed by atoms with Crippen LogP contribution in [0.3, 0.4) is 0 Å². The number of carbonyl (C=O) groups is 1. The molecule has 1 N–H and O–H groups in total.